The van der Waals surface area contributed by atoms with Gasteiger partial charge in [-0.1, -0.05) is 6.92 Å². The zero-order valence-electron chi connectivity index (χ0n) is 13.1. The minimum absolute atomic E-state index is 0.0914. The maximum Gasteiger partial charge on any atom is 0.417 e. The zero-order chi connectivity index (χ0) is 17.8. The molecule has 6 nitrogen and oxygen atoms in total. The second-order valence-electron chi connectivity index (χ2n) is 6.16. The van der Waals surface area contributed by atoms with Gasteiger partial charge >= 0.3 is 6.18 Å². The Morgan fingerprint density at radius 3 is 2.68 bits per heavy atom. The smallest absolute Gasteiger partial charge is 0.417 e. The average molecular weight is 350 g/mol. The van der Waals surface area contributed by atoms with Crippen molar-refractivity contribution < 1.29 is 22.4 Å². The first-order valence-corrected chi connectivity index (χ1v) is 7.61. The third kappa shape index (κ3) is 2.55. The molecular formula is C16H13F3N4O2. The van der Waals surface area contributed by atoms with Crippen molar-refractivity contribution in [2.24, 2.45) is 5.92 Å². The largest absolute Gasteiger partial charge is 0.443 e. The highest BCUT2D eigenvalue weighted by molar-refractivity contribution is 5.94. The van der Waals surface area contributed by atoms with Gasteiger partial charge in [-0.2, -0.15) is 13.2 Å². The summed E-state index contributed by atoms with van der Waals surface area (Å²) < 4.78 is 46.2. The van der Waals surface area contributed by atoms with Crippen LogP contribution in [0.25, 0.3) is 17.0 Å². The third-order valence-electron chi connectivity index (χ3n) is 4.20. The number of hydrogen-bond acceptors (Lipinski definition) is 4. The molecule has 0 saturated carbocycles. The number of oxazole rings is 1. The van der Waals surface area contributed by atoms with E-state index in [1.807, 2.05) is 6.92 Å². The van der Waals surface area contributed by atoms with E-state index in [9.17, 15) is 18.0 Å². The molecule has 3 aromatic rings. The molecule has 0 spiro atoms. The Balaban J connectivity index is 1.89. The number of alkyl halides is 3. The van der Waals surface area contributed by atoms with Crippen LogP contribution in [0.3, 0.4) is 0 Å². The summed E-state index contributed by atoms with van der Waals surface area (Å²) in [6, 6.07) is 0.947. The lowest BCUT2D eigenvalue weighted by Crippen LogP contribution is -2.48. The van der Waals surface area contributed by atoms with Crippen LogP contribution in [0, 0.1) is 5.92 Å². The van der Waals surface area contributed by atoms with E-state index >= 15 is 0 Å². The monoisotopic (exact) mass is 350 g/mol. The van der Waals surface area contributed by atoms with Crippen molar-refractivity contribution >= 4 is 11.6 Å². The molecule has 0 N–H and O–H groups in total. The number of nitrogens with zero attached hydrogens (tertiary/aromatic N) is 4. The second-order valence-corrected chi connectivity index (χ2v) is 6.16. The topological polar surface area (TPSA) is 63.6 Å². The number of halogens is 3. The van der Waals surface area contributed by atoms with E-state index in [1.54, 1.807) is 4.90 Å². The van der Waals surface area contributed by atoms with Crippen LogP contribution in [0.15, 0.2) is 35.5 Å². The number of likely N-dealkylation sites (tertiary alicyclic amines) is 1. The van der Waals surface area contributed by atoms with E-state index in [4.69, 9.17) is 4.42 Å². The third-order valence-corrected chi connectivity index (χ3v) is 4.20. The van der Waals surface area contributed by atoms with E-state index in [2.05, 4.69) is 9.97 Å². The number of aromatic nitrogens is 3. The Morgan fingerprint density at radius 1 is 1.32 bits per heavy atom. The van der Waals surface area contributed by atoms with Crippen molar-refractivity contribution in [1.82, 2.24) is 19.3 Å². The second kappa shape index (κ2) is 5.33. The molecule has 0 unspecified atom stereocenters. The molecule has 1 fully saturated rings. The van der Waals surface area contributed by atoms with Crippen molar-refractivity contribution in [2.45, 2.75) is 13.1 Å². The minimum Gasteiger partial charge on any atom is -0.443 e. The van der Waals surface area contributed by atoms with Crippen LogP contribution in [0.1, 0.15) is 23.0 Å². The minimum atomic E-state index is -4.57. The van der Waals surface area contributed by atoms with Gasteiger partial charge in [-0.15, -0.1) is 0 Å². The van der Waals surface area contributed by atoms with Gasteiger partial charge in [0.1, 0.15) is 11.3 Å². The fourth-order valence-electron chi connectivity index (χ4n) is 2.96. The van der Waals surface area contributed by atoms with E-state index < -0.39 is 11.7 Å². The lowest BCUT2D eigenvalue weighted by atomic mass is 10.0. The lowest BCUT2D eigenvalue weighted by Gasteiger charge is -2.36. The summed E-state index contributed by atoms with van der Waals surface area (Å²) in [5.74, 6) is 0.199. The van der Waals surface area contributed by atoms with E-state index in [0.29, 0.717) is 19.0 Å². The molecule has 9 heteroatoms. The predicted octanol–water partition coefficient (Wildman–Crippen LogP) is 3.10. The molecule has 0 aliphatic carbocycles. The summed E-state index contributed by atoms with van der Waals surface area (Å²) in [6.45, 7) is 3.17. The molecule has 0 radical (unpaired) electrons. The number of rotatable bonds is 2. The average Bonchev–Trinajstić information content (AvgIpc) is 3.18. The number of amides is 1. The molecule has 0 atom stereocenters. The molecule has 3 aromatic heterocycles. The van der Waals surface area contributed by atoms with Crippen LogP contribution in [0.5, 0.6) is 0 Å². The molecule has 1 aliphatic rings. The van der Waals surface area contributed by atoms with E-state index in [1.165, 1.54) is 16.8 Å². The molecule has 0 bridgehead atoms. The summed E-state index contributed by atoms with van der Waals surface area (Å²) in [4.78, 5) is 22.0. The first kappa shape index (κ1) is 15.7. The van der Waals surface area contributed by atoms with Gasteiger partial charge in [0, 0.05) is 19.3 Å². The molecule has 0 aromatic carbocycles. The molecule has 4 heterocycles. The maximum atomic E-state index is 13.3. The molecule has 1 aliphatic heterocycles. The fourth-order valence-corrected chi connectivity index (χ4v) is 2.96. The summed E-state index contributed by atoms with van der Waals surface area (Å²) in [5.41, 5.74) is -0.464. The van der Waals surface area contributed by atoms with Gasteiger partial charge in [0.05, 0.1) is 23.5 Å². The number of hydrogen-bond donors (Lipinski definition) is 0. The van der Waals surface area contributed by atoms with Gasteiger partial charge < -0.3 is 9.32 Å². The Labute approximate surface area is 139 Å². The standard InChI is InChI=1S/C16H13F3N4O2/c1-9-5-22(6-9)15(24)12-3-21-14-11(13-4-20-8-25-13)2-10(7-23(12)14)16(17,18)19/h2-4,7-9H,5-6H2,1H3. The van der Waals surface area contributed by atoms with Crippen LogP contribution in [-0.2, 0) is 6.18 Å². The van der Waals surface area contributed by atoms with Gasteiger partial charge in [-0.05, 0) is 12.0 Å². The first-order valence-electron chi connectivity index (χ1n) is 7.61. The molecule has 25 heavy (non-hydrogen) atoms. The Bertz CT molecular complexity index is 940. The van der Waals surface area contributed by atoms with Gasteiger partial charge in [-0.25, -0.2) is 9.97 Å². The highest BCUT2D eigenvalue weighted by Gasteiger charge is 2.34. The number of imidazole rings is 1. The number of carbonyl (C=O) groups excluding carboxylic acids is 1. The van der Waals surface area contributed by atoms with Crippen LogP contribution in [0.2, 0.25) is 0 Å². The SMILES string of the molecule is CC1CN(C(=O)c2cnc3c(-c4cnco4)cc(C(F)(F)F)cn23)C1. The van der Waals surface area contributed by atoms with Crippen molar-refractivity contribution in [3.63, 3.8) is 0 Å². The molecular weight excluding hydrogens is 337 g/mol. The quantitative estimate of drug-likeness (QED) is 0.712. The number of carbonyl (C=O) groups is 1. The predicted molar refractivity (Wildman–Crippen MR) is 80.8 cm³/mol. The normalized spacial score (nSPS) is 15.6. The van der Waals surface area contributed by atoms with Crippen LogP contribution < -0.4 is 0 Å². The maximum absolute atomic E-state index is 13.3. The van der Waals surface area contributed by atoms with E-state index in [-0.39, 0.29) is 28.6 Å². The highest BCUT2D eigenvalue weighted by Crippen LogP contribution is 2.34. The molecule has 1 saturated heterocycles. The van der Waals surface area contributed by atoms with Crippen molar-refractivity contribution in [1.29, 1.82) is 0 Å². The van der Waals surface area contributed by atoms with Crippen LogP contribution >= 0.6 is 0 Å². The first-order chi connectivity index (χ1) is 11.8. The van der Waals surface area contributed by atoms with Crippen molar-refractivity contribution in [3.8, 4) is 11.3 Å². The fraction of sp³-hybridized carbons (Fsp3) is 0.312. The number of pyridine rings is 1. The summed E-state index contributed by atoms with van der Waals surface area (Å²) in [6.07, 6.45) is 0.0451. The molecule has 4 rings (SSSR count). The zero-order valence-corrected chi connectivity index (χ0v) is 13.1. The van der Waals surface area contributed by atoms with Gasteiger partial charge in [0.25, 0.3) is 5.91 Å². The number of fused-ring (bicyclic) bond motifs is 1. The Morgan fingerprint density at radius 2 is 2.08 bits per heavy atom. The highest BCUT2D eigenvalue weighted by atomic mass is 19.4. The molecule has 130 valence electrons. The summed E-state index contributed by atoms with van der Waals surface area (Å²) in [7, 11) is 0. The van der Waals surface area contributed by atoms with E-state index in [0.717, 1.165) is 18.7 Å². The van der Waals surface area contributed by atoms with Crippen molar-refractivity contribution in [2.75, 3.05) is 13.1 Å². The van der Waals surface area contributed by atoms with Crippen LogP contribution in [-0.4, -0.2) is 38.3 Å². The summed E-state index contributed by atoms with van der Waals surface area (Å²) >= 11 is 0. The Hall–Kier alpha value is -2.84. The van der Waals surface area contributed by atoms with Gasteiger partial charge in [-0.3, -0.25) is 9.20 Å². The van der Waals surface area contributed by atoms with Crippen molar-refractivity contribution in [3.05, 3.63) is 42.3 Å². The van der Waals surface area contributed by atoms with Gasteiger partial charge in [0.2, 0.25) is 0 Å². The van der Waals surface area contributed by atoms with Crippen LogP contribution in [0.4, 0.5) is 13.2 Å². The Kier molecular flexibility index (Phi) is 3.34. The lowest BCUT2D eigenvalue weighted by molar-refractivity contribution is -0.137. The summed E-state index contributed by atoms with van der Waals surface area (Å²) in [5, 5.41) is 0. The van der Waals surface area contributed by atoms with Gasteiger partial charge in [0.15, 0.2) is 12.2 Å². The molecule has 1 amide bonds.